The van der Waals surface area contributed by atoms with E-state index in [-0.39, 0.29) is 35.8 Å². The number of nitrogens with zero attached hydrogens (tertiary/aromatic N) is 6. The van der Waals surface area contributed by atoms with Crippen molar-refractivity contribution in [3.05, 3.63) is 53.4 Å². The Morgan fingerprint density at radius 1 is 1.06 bits per heavy atom. The number of pyridine rings is 1. The lowest BCUT2D eigenvalue weighted by molar-refractivity contribution is -0.199. The lowest BCUT2D eigenvalue weighted by Gasteiger charge is -2.43. The molecule has 4 fully saturated rings. The van der Waals surface area contributed by atoms with Crippen LogP contribution in [0.1, 0.15) is 45.4 Å². The van der Waals surface area contributed by atoms with E-state index in [0.29, 0.717) is 46.6 Å². The van der Waals surface area contributed by atoms with Crippen LogP contribution in [-0.4, -0.2) is 103 Å². The maximum atomic E-state index is 16.8. The maximum Gasteiger partial charge on any atom is 0.319 e. The third kappa shape index (κ3) is 4.91. The Hall–Kier alpha value is -3.97. The number of amides is 1. The van der Waals surface area contributed by atoms with Crippen molar-refractivity contribution in [1.82, 2.24) is 24.8 Å². The number of ketones is 1. The number of hydrogen-bond acceptors (Lipinski definition) is 10. The Morgan fingerprint density at radius 3 is 2.44 bits per heavy atom. The van der Waals surface area contributed by atoms with Crippen molar-refractivity contribution in [3.63, 3.8) is 0 Å². The Labute approximate surface area is 281 Å². The van der Waals surface area contributed by atoms with Crippen LogP contribution in [0.15, 0.2) is 42.6 Å². The van der Waals surface area contributed by atoms with Crippen molar-refractivity contribution >= 4 is 50.8 Å². The number of aliphatic hydroxyl groups is 2. The molecule has 4 aliphatic heterocycles. The topological polar surface area (TPSA) is 132 Å². The minimum atomic E-state index is -3.09. The second kappa shape index (κ2) is 11.6. The van der Waals surface area contributed by atoms with Gasteiger partial charge in [0.05, 0.1) is 10.9 Å². The number of carbonyl (C=O) groups excluding carboxylic acids is 2. The Balaban J connectivity index is 1.21. The first-order valence-electron chi connectivity index (χ1n) is 16.5. The molecule has 2 aromatic heterocycles. The molecule has 4 aliphatic rings. The van der Waals surface area contributed by atoms with Gasteiger partial charge in [0, 0.05) is 54.3 Å². The highest BCUT2D eigenvalue weighted by atomic mass is 35.5. The van der Waals surface area contributed by atoms with Gasteiger partial charge in [0.25, 0.3) is 5.91 Å². The fourth-order valence-electron chi connectivity index (χ4n) is 8.41. The molecule has 4 saturated heterocycles. The number of hydrogen-bond donors (Lipinski definition) is 2. The molecule has 2 bridgehead atoms. The summed E-state index contributed by atoms with van der Waals surface area (Å²) in [5, 5.41) is 23.0. The monoisotopic (exact) mass is 674 g/mol. The smallest absolute Gasteiger partial charge is 0.319 e. The van der Waals surface area contributed by atoms with Crippen LogP contribution in [0.3, 0.4) is 0 Å². The van der Waals surface area contributed by atoms with Crippen LogP contribution < -0.4 is 9.64 Å². The van der Waals surface area contributed by atoms with E-state index in [2.05, 4.69) is 14.9 Å². The van der Waals surface area contributed by atoms with E-state index in [1.807, 2.05) is 29.2 Å². The molecule has 11 nitrogen and oxygen atoms in total. The number of benzene rings is 2. The predicted molar refractivity (Wildman–Crippen MR) is 177 cm³/mol. The van der Waals surface area contributed by atoms with E-state index in [1.54, 1.807) is 18.3 Å². The molecule has 2 atom stereocenters. The third-order valence-corrected chi connectivity index (χ3v) is 11.2. The normalized spacial score (nSPS) is 22.1. The van der Waals surface area contributed by atoms with Crippen LogP contribution in [0.25, 0.3) is 32.9 Å². The quantitative estimate of drug-likeness (QED) is 0.218. The lowest BCUT2D eigenvalue weighted by atomic mass is 9.95. The maximum absolute atomic E-state index is 16.8. The largest absolute Gasteiger partial charge is 0.461 e. The minimum absolute atomic E-state index is 0.0587. The fourth-order valence-corrected chi connectivity index (χ4v) is 8.69. The minimum Gasteiger partial charge on any atom is -0.461 e. The molecule has 13 heteroatoms. The summed E-state index contributed by atoms with van der Waals surface area (Å²) in [6.07, 6.45) is 7.02. The highest BCUT2D eigenvalue weighted by Crippen LogP contribution is 2.41. The SMILES string of the molecule is CC(=O)C(O)(O)C(=O)N1C2CCC1CN(c1nc(OCC34CCCN3CCC4)nc3c(F)c(-c4cccc5cccc(Cl)c45)ncc13)C2. The van der Waals surface area contributed by atoms with Gasteiger partial charge < -0.3 is 24.7 Å². The second-order valence-electron chi connectivity index (χ2n) is 13.6. The van der Waals surface area contributed by atoms with E-state index in [1.165, 1.54) is 4.90 Å². The first kappa shape index (κ1) is 31.3. The van der Waals surface area contributed by atoms with Crippen molar-refractivity contribution in [2.24, 2.45) is 0 Å². The van der Waals surface area contributed by atoms with E-state index >= 15 is 4.39 Å². The number of Topliss-reactive ketones (excluding diaryl/α,β-unsaturated/α-hetero) is 1. The van der Waals surface area contributed by atoms with Gasteiger partial charge in [-0.05, 0) is 63.1 Å². The molecule has 8 rings (SSSR count). The van der Waals surface area contributed by atoms with Crippen LogP contribution >= 0.6 is 11.6 Å². The Morgan fingerprint density at radius 2 is 1.75 bits per heavy atom. The number of piperazine rings is 1. The molecule has 0 radical (unpaired) electrons. The van der Waals surface area contributed by atoms with Crippen LogP contribution in [0.2, 0.25) is 5.02 Å². The summed E-state index contributed by atoms with van der Waals surface area (Å²) in [4.78, 5) is 44.9. The first-order chi connectivity index (χ1) is 23.1. The standard InChI is InChI=1S/C35H36ClFN6O5/c1-20(44)35(46,47)32(45)43-22-10-11-23(43)18-41(17-22)31-25-16-38-29(24-8-2-6-21-7-3-9-26(36)27(21)24)28(37)30(25)39-33(40-31)48-19-34-12-4-14-42(34)15-5-13-34/h2-3,6-9,16,22-23,46-47H,4-5,10-15,17-19H2,1H3. The van der Waals surface area contributed by atoms with Crippen molar-refractivity contribution in [1.29, 1.82) is 0 Å². The molecule has 0 saturated carbocycles. The average molecular weight is 675 g/mol. The van der Waals surface area contributed by atoms with Gasteiger partial charge in [0.1, 0.15) is 23.6 Å². The molecule has 4 aromatic rings. The van der Waals surface area contributed by atoms with E-state index in [4.69, 9.17) is 21.3 Å². The van der Waals surface area contributed by atoms with Gasteiger partial charge >= 0.3 is 11.8 Å². The molecule has 2 aromatic carbocycles. The van der Waals surface area contributed by atoms with Gasteiger partial charge in [0.15, 0.2) is 11.6 Å². The number of carbonyl (C=O) groups is 2. The molecule has 2 unspecified atom stereocenters. The predicted octanol–water partition coefficient (Wildman–Crippen LogP) is 4.09. The molecule has 0 aliphatic carbocycles. The second-order valence-corrected chi connectivity index (χ2v) is 14.0. The Bertz CT molecular complexity index is 1950. The summed E-state index contributed by atoms with van der Waals surface area (Å²) in [5.41, 5.74) is 0.625. The zero-order valence-corrected chi connectivity index (χ0v) is 27.3. The molecule has 250 valence electrons. The van der Waals surface area contributed by atoms with Crippen molar-refractivity contribution in [2.75, 3.05) is 37.7 Å². The summed E-state index contributed by atoms with van der Waals surface area (Å²) in [7, 11) is 0. The van der Waals surface area contributed by atoms with E-state index < -0.39 is 35.4 Å². The number of aromatic nitrogens is 3. The number of anilines is 1. The number of ether oxygens (including phenoxy) is 1. The summed E-state index contributed by atoms with van der Waals surface area (Å²) in [6.45, 7) is 3.99. The molecule has 48 heavy (non-hydrogen) atoms. The van der Waals surface area contributed by atoms with Crippen molar-refractivity contribution < 1.29 is 28.9 Å². The highest BCUT2D eigenvalue weighted by Gasteiger charge is 2.51. The molecule has 0 spiro atoms. The van der Waals surface area contributed by atoms with Crippen molar-refractivity contribution in [3.8, 4) is 17.3 Å². The number of rotatable bonds is 7. The summed E-state index contributed by atoms with van der Waals surface area (Å²) >= 11 is 6.61. The highest BCUT2D eigenvalue weighted by molar-refractivity contribution is 6.36. The van der Waals surface area contributed by atoms with Gasteiger partial charge in [-0.3, -0.25) is 19.5 Å². The zero-order chi connectivity index (χ0) is 33.4. The van der Waals surface area contributed by atoms with Gasteiger partial charge in [-0.2, -0.15) is 9.97 Å². The van der Waals surface area contributed by atoms with Crippen LogP contribution in [0, 0.1) is 5.82 Å². The Kier molecular flexibility index (Phi) is 7.55. The summed E-state index contributed by atoms with van der Waals surface area (Å²) < 4.78 is 23.2. The van der Waals surface area contributed by atoms with Crippen LogP contribution in [0.4, 0.5) is 10.2 Å². The molecular formula is C35H36ClFN6O5. The lowest BCUT2D eigenvalue weighted by Crippen LogP contribution is -2.63. The molecule has 6 heterocycles. The molecule has 1 amide bonds. The fraction of sp³-hybridized carbons (Fsp3) is 0.457. The first-order valence-corrected chi connectivity index (χ1v) is 16.9. The van der Waals surface area contributed by atoms with E-state index in [0.717, 1.165) is 51.1 Å². The van der Waals surface area contributed by atoms with E-state index in [9.17, 15) is 19.8 Å². The zero-order valence-electron chi connectivity index (χ0n) is 26.5. The average Bonchev–Trinajstić information content (AvgIpc) is 3.73. The van der Waals surface area contributed by atoms with Gasteiger partial charge in [-0.1, -0.05) is 41.9 Å². The van der Waals surface area contributed by atoms with Crippen LogP contribution in [-0.2, 0) is 9.59 Å². The molecule has 2 N–H and O–H groups in total. The number of fused-ring (bicyclic) bond motifs is 5. The third-order valence-electron chi connectivity index (χ3n) is 10.8. The molecular weight excluding hydrogens is 639 g/mol. The van der Waals surface area contributed by atoms with Gasteiger partial charge in [-0.15, -0.1) is 0 Å². The van der Waals surface area contributed by atoms with Gasteiger partial charge in [-0.25, -0.2) is 4.39 Å². The summed E-state index contributed by atoms with van der Waals surface area (Å²) in [5.74, 6) is -5.36. The summed E-state index contributed by atoms with van der Waals surface area (Å²) in [6, 6.07) is 10.3. The number of halogens is 2. The van der Waals surface area contributed by atoms with Crippen molar-refractivity contribution in [2.45, 2.75) is 68.9 Å². The van der Waals surface area contributed by atoms with Gasteiger partial charge in [0.2, 0.25) is 0 Å². The van der Waals surface area contributed by atoms with Crippen LogP contribution in [0.5, 0.6) is 6.01 Å².